The maximum atomic E-state index is 12.7. The summed E-state index contributed by atoms with van der Waals surface area (Å²) in [5, 5.41) is 26.7. The second-order valence-electron chi connectivity index (χ2n) is 6.31. The van der Waals surface area contributed by atoms with Crippen LogP contribution in [0.3, 0.4) is 0 Å². The number of nitro groups is 2. The number of hydrogen-bond acceptors (Lipinski definition) is 9. The van der Waals surface area contributed by atoms with Crippen LogP contribution in [0.5, 0.6) is 0 Å². The van der Waals surface area contributed by atoms with E-state index in [1.807, 2.05) is 0 Å². The van der Waals surface area contributed by atoms with Gasteiger partial charge in [0.15, 0.2) is 5.82 Å². The smallest absolute Gasteiger partial charge is 0.263 e. The average Bonchev–Trinajstić information content (AvgIpc) is 2.99. The SMILES string of the molecule is Cc1cc(C)n(-c2cc(NS(=O)(=O)c3cc([N+](=O)[O-])c(C)c([N+](=O)[O-])c3)ncn2)n1. The fraction of sp³-hybridized carbons (Fsp3) is 0.188. The van der Waals surface area contributed by atoms with Crippen LogP contribution in [0.15, 0.2) is 35.5 Å². The number of nitro benzene ring substituents is 2. The van der Waals surface area contributed by atoms with Crippen LogP contribution in [0.25, 0.3) is 5.82 Å². The van der Waals surface area contributed by atoms with Crippen LogP contribution in [0, 0.1) is 41.0 Å². The molecule has 0 atom stereocenters. The largest absolute Gasteiger partial charge is 0.280 e. The van der Waals surface area contributed by atoms with Gasteiger partial charge in [0, 0.05) is 23.9 Å². The standard InChI is InChI=1S/C16H15N7O6S/c1-9-4-10(2)21(19-9)16-7-15(17-8-18-16)20-30(28,29)12-5-13(22(24)25)11(3)14(6-12)23(26)27/h4-8H,1-3H3,(H,17,18,20). The molecule has 156 valence electrons. The first-order chi connectivity index (χ1) is 14.0. The Balaban J connectivity index is 2.04. The molecule has 0 saturated carbocycles. The van der Waals surface area contributed by atoms with E-state index < -0.39 is 36.1 Å². The highest BCUT2D eigenvalue weighted by Gasteiger charge is 2.28. The van der Waals surface area contributed by atoms with Gasteiger partial charge in [-0.2, -0.15) is 5.10 Å². The number of rotatable bonds is 6. The van der Waals surface area contributed by atoms with Crippen molar-refractivity contribution in [2.24, 2.45) is 0 Å². The molecule has 0 fully saturated rings. The third kappa shape index (κ3) is 3.93. The van der Waals surface area contributed by atoms with Gasteiger partial charge in [-0.05, 0) is 26.8 Å². The molecule has 2 aromatic heterocycles. The maximum absolute atomic E-state index is 12.7. The molecule has 2 heterocycles. The molecule has 0 bridgehead atoms. The number of nitrogens with one attached hydrogen (secondary N) is 1. The minimum absolute atomic E-state index is 0.140. The predicted molar refractivity (Wildman–Crippen MR) is 104 cm³/mol. The Hall–Kier alpha value is -3.94. The van der Waals surface area contributed by atoms with Gasteiger partial charge in [-0.15, -0.1) is 0 Å². The lowest BCUT2D eigenvalue weighted by Gasteiger charge is -2.10. The van der Waals surface area contributed by atoms with Crippen LogP contribution in [-0.2, 0) is 10.0 Å². The van der Waals surface area contributed by atoms with Crippen LogP contribution >= 0.6 is 0 Å². The Labute approximate surface area is 169 Å². The highest BCUT2D eigenvalue weighted by atomic mass is 32.2. The highest BCUT2D eigenvalue weighted by molar-refractivity contribution is 7.92. The molecule has 0 unspecified atom stereocenters. The number of anilines is 1. The quantitative estimate of drug-likeness (QED) is 0.451. The fourth-order valence-electron chi connectivity index (χ4n) is 2.77. The van der Waals surface area contributed by atoms with Crippen molar-refractivity contribution in [1.29, 1.82) is 0 Å². The van der Waals surface area contributed by atoms with Crippen molar-refractivity contribution in [1.82, 2.24) is 19.7 Å². The van der Waals surface area contributed by atoms with Gasteiger partial charge in [0.05, 0.1) is 15.5 Å². The molecule has 30 heavy (non-hydrogen) atoms. The van der Waals surface area contributed by atoms with E-state index in [1.54, 1.807) is 19.9 Å². The lowest BCUT2D eigenvalue weighted by Crippen LogP contribution is -2.16. The lowest BCUT2D eigenvalue weighted by molar-refractivity contribution is -0.395. The highest BCUT2D eigenvalue weighted by Crippen LogP contribution is 2.32. The van der Waals surface area contributed by atoms with Crippen molar-refractivity contribution in [3.63, 3.8) is 0 Å². The van der Waals surface area contributed by atoms with Gasteiger partial charge in [0.1, 0.15) is 22.6 Å². The molecule has 0 amide bonds. The molecule has 0 radical (unpaired) electrons. The minimum atomic E-state index is -4.42. The first kappa shape index (κ1) is 20.8. The van der Waals surface area contributed by atoms with Gasteiger partial charge in [-0.1, -0.05) is 0 Å². The second kappa shape index (κ2) is 7.47. The van der Waals surface area contributed by atoms with Crippen molar-refractivity contribution in [3.05, 3.63) is 67.8 Å². The summed E-state index contributed by atoms with van der Waals surface area (Å²) in [6.07, 6.45) is 1.11. The van der Waals surface area contributed by atoms with E-state index in [0.717, 1.165) is 29.8 Å². The monoisotopic (exact) mass is 433 g/mol. The topological polar surface area (TPSA) is 176 Å². The van der Waals surface area contributed by atoms with Crippen LogP contribution in [-0.4, -0.2) is 38.0 Å². The molecule has 0 saturated heterocycles. The number of hydrogen-bond donors (Lipinski definition) is 1. The second-order valence-corrected chi connectivity index (χ2v) is 7.99. The van der Waals surface area contributed by atoms with E-state index in [2.05, 4.69) is 19.8 Å². The number of benzene rings is 1. The van der Waals surface area contributed by atoms with Gasteiger partial charge in [-0.25, -0.2) is 23.1 Å². The molecular formula is C16H15N7O6S. The zero-order valence-electron chi connectivity index (χ0n) is 15.9. The molecule has 13 nitrogen and oxygen atoms in total. The lowest BCUT2D eigenvalue weighted by atomic mass is 10.1. The van der Waals surface area contributed by atoms with Crippen LogP contribution in [0.4, 0.5) is 17.2 Å². The zero-order chi connectivity index (χ0) is 22.2. The summed E-state index contributed by atoms with van der Waals surface area (Å²) in [7, 11) is -4.42. The number of nitrogens with zero attached hydrogens (tertiary/aromatic N) is 6. The summed E-state index contributed by atoms with van der Waals surface area (Å²) >= 11 is 0. The van der Waals surface area contributed by atoms with Crippen LogP contribution in [0.1, 0.15) is 17.0 Å². The Morgan fingerprint density at radius 2 is 1.57 bits per heavy atom. The maximum Gasteiger partial charge on any atom is 0.280 e. The van der Waals surface area contributed by atoms with E-state index in [4.69, 9.17) is 0 Å². The minimum Gasteiger partial charge on any atom is -0.263 e. The zero-order valence-corrected chi connectivity index (χ0v) is 16.7. The summed E-state index contributed by atoms with van der Waals surface area (Å²) in [5.74, 6) is 0.146. The number of aromatic nitrogens is 4. The van der Waals surface area contributed by atoms with Gasteiger partial charge < -0.3 is 0 Å². The summed E-state index contributed by atoms with van der Waals surface area (Å²) in [4.78, 5) is 27.9. The molecular weight excluding hydrogens is 418 g/mol. The third-order valence-corrected chi connectivity index (χ3v) is 5.48. The van der Waals surface area contributed by atoms with Gasteiger partial charge in [0.2, 0.25) is 0 Å². The first-order valence-corrected chi connectivity index (χ1v) is 9.80. The van der Waals surface area contributed by atoms with Crippen molar-refractivity contribution in [2.45, 2.75) is 25.7 Å². The molecule has 3 aromatic rings. The van der Waals surface area contributed by atoms with Crippen LogP contribution in [0.2, 0.25) is 0 Å². The summed E-state index contributed by atoms with van der Waals surface area (Å²) < 4.78 is 29.1. The summed E-state index contributed by atoms with van der Waals surface area (Å²) in [6, 6.07) is 4.63. The Kier molecular flexibility index (Phi) is 5.18. The number of sulfonamides is 1. The van der Waals surface area contributed by atoms with Crippen molar-refractivity contribution < 1.29 is 18.3 Å². The van der Waals surface area contributed by atoms with E-state index in [9.17, 15) is 28.6 Å². The van der Waals surface area contributed by atoms with Gasteiger partial charge in [-0.3, -0.25) is 25.0 Å². The van der Waals surface area contributed by atoms with E-state index in [0.29, 0.717) is 0 Å². The van der Waals surface area contributed by atoms with Crippen molar-refractivity contribution in [3.8, 4) is 5.82 Å². The molecule has 1 aromatic carbocycles. The third-order valence-electron chi connectivity index (χ3n) is 4.15. The first-order valence-electron chi connectivity index (χ1n) is 8.31. The summed E-state index contributed by atoms with van der Waals surface area (Å²) in [6.45, 7) is 4.74. The molecule has 3 rings (SSSR count). The van der Waals surface area contributed by atoms with Gasteiger partial charge in [0.25, 0.3) is 21.4 Å². The normalized spacial score (nSPS) is 11.3. The molecule has 14 heteroatoms. The Bertz CT molecular complexity index is 1250. The van der Waals surface area contributed by atoms with Crippen LogP contribution < -0.4 is 4.72 Å². The van der Waals surface area contributed by atoms with E-state index in [1.165, 1.54) is 17.7 Å². The average molecular weight is 433 g/mol. The van der Waals surface area contributed by atoms with Crippen molar-refractivity contribution >= 4 is 27.2 Å². The van der Waals surface area contributed by atoms with Gasteiger partial charge >= 0.3 is 0 Å². The Morgan fingerprint density at radius 1 is 0.967 bits per heavy atom. The molecule has 0 spiro atoms. The van der Waals surface area contributed by atoms with E-state index in [-0.39, 0.29) is 17.2 Å². The summed E-state index contributed by atoms with van der Waals surface area (Å²) in [5.41, 5.74) is -0.138. The molecule has 0 aliphatic heterocycles. The Morgan fingerprint density at radius 3 is 2.07 bits per heavy atom. The molecule has 0 aliphatic carbocycles. The van der Waals surface area contributed by atoms with E-state index >= 15 is 0 Å². The molecule has 1 N–H and O–H groups in total. The molecule has 0 aliphatic rings. The fourth-order valence-corrected chi connectivity index (χ4v) is 3.81. The van der Waals surface area contributed by atoms with Crippen molar-refractivity contribution in [2.75, 3.05) is 4.72 Å². The predicted octanol–water partition coefficient (Wildman–Crippen LogP) is 2.20. The number of aryl methyl sites for hydroxylation is 2.